The molecular formula is C28H30N2O2. The van der Waals surface area contributed by atoms with Crippen molar-refractivity contribution in [3.63, 3.8) is 0 Å². The van der Waals surface area contributed by atoms with Crippen LogP contribution < -0.4 is 10.6 Å². The van der Waals surface area contributed by atoms with Crippen LogP contribution in [0.3, 0.4) is 0 Å². The largest absolute Gasteiger partial charge is 0.350 e. The molecule has 1 heterocycles. The monoisotopic (exact) mass is 426 g/mol. The zero-order chi connectivity index (χ0) is 22.0. The maximum atomic E-state index is 12.9. The third kappa shape index (κ3) is 4.40. The van der Waals surface area contributed by atoms with Crippen LogP contribution in [0.15, 0.2) is 66.7 Å². The first-order chi connectivity index (χ1) is 15.6. The second-order valence-electron chi connectivity index (χ2n) is 9.40. The summed E-state index contributed by atoms with van der Waals surface area (Å²) in [6, 6.07) is 23.3. The fourth-order valence-electron chi connectivity index (χ4n) is 5.44. The average Bonchev–Trinajstić information content (AvgIpc) is 3.18. The molecule has 1 saturated heterocycles. The Morgan fingerprint density at radius 3 is 2.66 bits per heavy atom. The average molecular weight is 427 g/mol. The van der Waals surface area contributed by atoms with Crippen LogP contribution >= 0.6 is 0 Å². The zero-order valence-corrected chi connectivity index (χ0v) is 18.4. The van der Waals surface area contributed by atoms with Crippen molar-refractivity contribution in [3.8, 4) is 0 Å². The number of benzene rings is 3. The minimum absolute atomic E-state index is 0.0748. The van der Waals surface area contributed by atoms with Crippen molar-refractivity contribution in [2.24, 2.45) is 0 Å². The van der Waals surface area contributed by atoms with E-state index in [1.54, 1.807) is 0 Å². The molecule has 32 heavy (non-hydrogen) atoms. The summed E-state index contributed by atoms with van der Waals surface area (Å²) < 4.78 is 0. The van der Waals surface area contributed by atoms with E-state index in [1.165, 1.54) is 27.5 Å². The first kappa shape index (κ1) is 20.7. The van der Waals surface area contributed by atoms with Gasteiger partial charge >= 0.3 is 0 Å². The van der Waals surface area contributed by atoms with Crippen molar-refractivity contribution in [1.29, 1.82) is 0 Å². The molecule has 4 heteroatoms. The highest BCUT2D eigenvalue weighted by Crippen LogP contribution is 2.32. The first-order valence-electron chi connectivity index (χ1n) is 11.8. The van der Waals surface area contributed by atoms with Crippen molar-refractivity contribution in [2.45, 2.75) is 62.9 Å². The van der Waals surface area contributed by atoms with Gasteiger partial charge in [-0.05, 0) is 66.0 Å². The Morgan fingerprint density at radius 2 is 1.81 bits per heavy atom. The van der Waals surface area contributed by atoms with E-state index in [4.69, 9.17) is 0 Å². The molecule has 2 atom stereocenters. The molecule has 164 valence electrons. The summed E-state index contributed by atoms with van der Waals surface area (Å²) in [5, 5.41) is 8.91. The van der Waals surface area contributed by atoms with Crippen LogP contribution in [-0.4, -0.2) is 17.4 Å². The van der Waals surface area contributed by atoms with E-state index >= 15 is 0 Å². The Balaban J connectivity index is 1.27. The van der Waals surface area contributed by atoms with E-state index < -0.39 is 0 Å². The van der Waals surface area contributed by atoms with Crippen LogP contribution in [0.4, 0.5) is 0 Å². The SMILES string of the molecule is O=C(CC[C@]1(Cc2ccc3ccccc3c2)CCC(=O)N1)N[C@@H]1CCCc2ccccc21. The molecule has 2 N–H and O–H groups in total. The molecule has 1 aliphatic carbocycles. The van der Waals surface area contributed by atoms with Gasteiger partial charge in [0.2, 0.25) is 11.8 Å². The molecule has 3 aromatic rings. The highest BCUT2D eigenvalue weighted by molar-refractivity contribution is 5.83. The highest BCUT2D eigenvalue weighted by atomic mass is 16.2. The Kier molecular flexibility index (Phi) is 5.69. The number of rotatable bonds is 6. The Hall–Kier alpha value is -3.14. The number of hydrogen-bond donors (Lipinski definition) is 2. The topological polar surface area (TPSA) is 58.2 Å². The van der Waals surface area contributed by atoms with Gasteiger partial charge in [-0.2, -0.15) is 0 Å². The third-order valence-corrected chi connectivity index (χ3v) is 7.13. The van der Waals surface area contributed by atoms with Crippen LogP contribution in [0.25, 0.3) is 10.8 Å². The second kappa shape index (κ2) is 8.78. The molecule has 0 aromatic heterocycles. The molecule has 0 spiro atoms. The molecule has 0 bridgehead atoms. The number of hydrogen-bond acceptors (Lipinski definition) is 2. The summed E-state index contributed by atoms with van der Waals surface area (Å²) in [6.07, 6.45) is 6.32. The third-order valence-electron chi connectivity index (χ3n) is 7.13. The zero-order valence-electron chi connectivity index (χ0n) is 18.4. The lowest BCUT2D eigenvalue weighted by Crippen LogP contribution is -2.44. The normalized spacial score (nSPS) is 22.4. The number of aryl methyl sites for hydroxylation is 1. The van der Waals surface area contributed by atoms with Crippen molar-refractivity contribution >= 4 is 22.6 Å². The summed E-state index contributed by atoms with van der Waals surface area (Å²) >= 11 is 0. The number of fused-ring (bicyclic) bond motifs is 2. The van der Waals surface area contributed by atoms with E-state index in [9.17, 15) is 9.59 Å². The van der Waals surface area contributed by atoms with Crippen LogP contribution in [0.2, 0.25) is 0 Å². The molecule has 2 aliphatic rings. The smallest absolute Gasteiger partial charge is 0.220 e. The van der Waals surface area contributed by atoms with Crippen LogP contribution in [0.5, 0.6) is 0 Å². The van der Waals surface area contributed by atoms with Gasteiger partial charge in [-0.3, -0.25) is 9.59 Å². The molecule has 0 radical (unpaired) electrons. The number of carbonyl (C=O) groups is 2. The van der Waals surface area contributed by atoms with Crippen LogP contribution in [0, 0.1) is 0 Å². The van der Waals surface area contributed by atoms with Gasteiger partial charge in [-0.1, -0.05) is 66.7 Å². The Labute approximate surface area is 189 Å². The second-order valence-corrected chi connectivity index (χ2v) is 9.40. The molecule has 4 nitrogen and oxygen atoms in total. The van der Waals surface area contributed by atoms with Gasteiger partial charge in [0, 0.05) is 18.4 Å². The first-order valence-corrected chi connectivity index (χ1v) is 11.8. The Bertz CT molecular complexity index is 1150. The van der Waals surface area contributed by atoms with E-state index in [2.05, 4.69) is 65.2 Å². The summed E-state index contributed by atoms with van der Waals surface area (Å²) in [5.41, 5.74) is 3.46. The summed E-state index contributed by atoms with van der Waals surface area (Å²) in [5.74, 6) is 0.165. The summed E-state index contributed by atoms with van der Waals surface area (Å²) in [7, 11) is 0. The predicted octanol–water partition coefficient (Wildman–Crippen LogP) is 5.01. The number of nitrogens with one attached hydrogen (secondary N) is 2. The van der Waals surface area contributed by atoms with Gasteiger partial charge in [0.15, 0.2) is 0 Å². The minimum Gasteiger partial charge on any atom is -0.350 e. The lowest BCUT2D eigenvalue weighted by atomic mass is 9.84. The van der Waals surface area contributed by atoms with Gasteiger partial charge in [-0.25, -0.2) is 0 Å². The standard InChI is InChI=1S/C28H30N2O2/c31-26(29-25-11-5-9-22-7-3-4-10-24(22)25)14-16-28(17-15-27(32)30-28)19-20-12-13-21-6-1-2-8-23(21)18-20/h1-4,6-8,10,12-13,18,25H,5,9,11,14-17,19H2,(H,29,31)(H,30,32)/t25-,28-/m1/s1. The van der Waals surface area contributed by atoms with Crippen molar-refractivity contribution < 1.29 is 9.59 Å². The maximum Gasteiger partial charge on any atom is 0.220 e. The Morgan fingerprint density at radius 1 is 1.00 bits per heavy atom. The van der Waals surface area contributed by atoms with Gasteiger partial charge < -0.3 is 10.6 Å². The van der Waals surface area contributed by atoms with Gasteiger partial charge in [0.1, 0.15) is 0 Å². The molecular weight excluding hydrogens is 396 g/mol. The lowest BCUT2D eigenvalue weighted by Gasteiger charge is -2.30. The van der Waals surface area contributed by atoms with Crippen LogP contribution in [-0.2, 0) is 22.4 Å². The minimum atomic E-state index is -0.346. The lowest BCUT2D eigenvalue weighted by molar-refractivity contribution is -0.123. The molecule has 0 unspecified atom stereocenters. The van der Waals surface area contributed by atoms with Gasteiger partial charge in [0.25, 0.3) is 0 Å². The fourth-order valence-corrected chi connectivity index (χ4v) is 5.44. The van der Waals surface area contributed by atoms with Crippen molar-refractivity contribution in [1.82, 2.24) is 10.6 Å². The quantitative estimate of drug-likeness (QED) is 0.582. The van der Waals surface area contributed by atoms with Gasteiger partial charge in [-0.15, -0.1) is 0 Å². The van der Waals surface area contributed by atoms with Gasteiger partial charge in [0.05, 0.1) is 6.04 Å². The van der Waals surface area contributed by atoms with E-state index in [1.807, 2.05) is 12.1 Å². The molecule has 1 fully saturated rings. The summed E-state index contributed by atoms with van der Waals surface area (Å²) in [6.45, 7) is 0. The molecule has 3 aromatic carbocycles. The molecule has 2 amide bonds. The molecule has 0 saturated carbocycles. The summed E-state index contributed by atoms with van der Waals surface area (Å²) in [4.78, 5) is 25.1. The maximum absolute atomic E-state index is 12.9. The molecule has 1 aliphatic heterocycles. The van der Waals surface area contributed by atoms with Crippen molar-refractivity contribution in [3.05, 3.63) is 83.4 Å². The predicted molar refractivity (Wildman–Crippen MR) is 127 cm³/mol. The fraction of sp³-hybridized carbons (Fsp3) is 0.357. The van der Waals surface area contributed by atoms with E-state index in [-0.39, 0.29) is 23.4 Å². The van der Waals surface area contributed by atoms with Crippen molar-refractivity contribution in [2.75, 3.05) is 0 Å². The number of carbonyl (C=O) groups excluding carboxylic acids is 2. The highest BCUT2D eigenvalue weighted by Gasteiger charge is 2.38. The van der Waals surface area contributed by atoms with E-state index in [0.717, 1.165) is 32.1 Å². The van der Waals surface area contributed by atoms with Crippen LogP contribution in [0.1, 0.15) is 61.3 Å². The number of amides is 2. The van der Waals surface area contributed by atoms with E-state index in [0.29, 0.717) is 19.3 Å². The molecule has 5 rings (SSSR count).